The maximum atomic E-state index is 14.5. The Morgan fingerprint density at radius 1 is 1.12 bits per heavy atom. The lowest BCUT2D eigenvalue weighted by Gasteiger charge is -2.45. The minimum absolute atomic E-state index is 0.00189. The van der Waals surface area contributed by atoms with Crippen molar-refractivity contribution in [3.05, 3.63) is 74.6 Å². The van der Waals surface area contributed by atoms with Gasteiger partial charge in [-0.15, -0.1) is 0 Å². The molecule has 0 radical (unpaired) electrons. The van der Waals surface area contributed by atoms with E-state index in [0.717, 1.165) is 18.2 Å². The number of pyridine rings is 2. The Kier molecular flexibility index (Phi) is 9.35. The van der Waals surface area contributed by atoms with Crippen molar-refractivity contribution in [3.63, 3.8) is 0 Å². The molecule has 17 heteroatoms. The largest absolute Gasteiger partial charge is 0.504 e. The van der Waals surface area contributed by atoms with Gasteiger partial charge in [-0.3, -0.25) is 14.4 Å². The van der Waals surface area contributed by atoms with Gasteiger partial charge in [0.05, 0.1) is 52.8 Å². The molecule has 2 aliphatic rings. The summed E-state index contributed by atoms with van der Waals surface area (Å²) >= 11 is 6.13. The Morgan fingerprint density at radius 3 is 2.54 bits per heavy atom. The van der Waals surface area contributed by atoms with E-state index in [2.05, 4.69) is 20.3 Å². The first kappa shape index (κ1) is 34.9. The van der Waals surface area contributed by atoms with E-state index in [1.54, 1.807) is 47.5 Å². The molecule has 2 fully saturated rings. The fourth-order valence-corrected chi connectivity index (χ4v) is 6.74. The second-order valence-corrected chi connectivity index (χ2v) is 12.7. The number of nitrogens with zero attached hydrogens (tertiary/aromatic N) is 7. The average Bonchev–Trinajstić information content (AvgIpc) is 3.57. The number of ether oxygens (including phenoxy) is 1. The topological polar surface area (TPSA) is 146 Å². The van der Waals surface area contributed by atoms with Crippen molar-refractivity contribution in [2.75, 3.05) is 55.5 Å². The lowest BCUT2D eigenvalue weighted by atomic mass is 10.0. The highest BCUT2D eigenvalue weighted by Crippen LogP contribution is 2.35. The van der Waals surface area contributed by atoms with Gasteiger partial charge in [0.15, 0.2) is 11.4 Å². The predicted octanol–water partition coefficient (Wildman–Crippen LogP) is 3.87. The van der Waals surface area contributed by atoms with Crippen molar-refractivity contribution < 1.29 is 32.6 Å². The summed E-state index contributed by atoms with van der Waals surface area (Å²) in [4.78, 5) is 59.5. The summed E-state index contributed by atoms with van der Waals surface area (Å²) in [6.45, 7) is 3.86. The fourth-order valence-electron chi connectivity index (χ4n) is 6.52. The van der Waals surface area contributed by atoms with Gasteiger partial charge in [-0.1, -0.05) is 18.5 Å². The third-order valence-corrected chi connectivity index (χ3v) is 9.32. The first-order valence-electron chi connectivity index (χ1n) is 15.8. The van der Waals surface area contributed by atoms with Crippen LogP contribution >= 0.6 is 11.6 Å². The summed E-state index contributed by atoms with van der Waals surface area (Å²) in [5.74, 6) is -0.878. The van der Waals surface area contributed by atoms with Crippen molar-refractivity contribution in [1.29, 1.82) is 0 Å². The van der Waals surface area contributed by atoms with E-state index in [1.165, 1.54) is 6.33 Å². The molecule has 1 aromatic carbocycles. The Hall–Kier alpha value is -4.96. The van der Waals surface area contributed by atoms with E-state index in [-0.39, 0.29) is 71.6 Å². The molecule has 2 saturated heterocycles. The van der Waals surface area contributed by atoms with E-state index in [4.69, 9.17) is 16.3 Å². The van der Waals surface area contributed by atoms with Gasteiger partial charge in [-0.05, 0) is 43.7 Å². The molecule has 0 spiro atoms. The van der Waals surface area contributed by atoms with Crippen molar-refractivity contribution >= 4 is 51.6 Å². The number of fused-ring (bicyclic) bond motifs is 2. The first-order chi connectivity index (χ1) is 23.7. The zero-order valence-corrected chi connectivity index (χ0v) is 28.3. The van der Waals surface area contributed by atoms with Gasteiger partial charge in [0.2, 0.25) is 11.3 Å². The molecule has 13 nitrogen and oxygen atoms in total. The highest BCUT2D eigenvalue weighted by molar-refractivity contribution is 6.33. The minimum Gasteiger partial charge on any atom is -0.504 e. The van der Waals surface area contributed by atoms with Crippen LogP contribution in [0, 0.1) is 6.92 Å². The van der Waals surface area contributed by atoms with Crippen LogP contribution in [-0.2, 0) is 28.7 Å². The molecule has 50 heavy (non-hydrogen) atoms. The van der Waals surface area contributed by atoms with Crippen LogP contribution in [0.2, 0.25) is 5.02 Å². The maximum absolute atomic E-state index is 14.5. The zero-order chi connectivity index (χ0) is 36.1. The average molecular weight is 715 g/mol. The molecule has 2 N–H and O–H groups in total. The Labute approximate surface area is 289 Å². The van der Waals surface area contributed by atoms with Crippen LogP contribution in [0.4, 0.5) is 30.4 Å². The summed E-state index contributed by atoms with van der Waals surface area (Å²) in [6.07, 6.45) is -3.08. The van der Waals surface area contributed by atoms with E-state index < -0.39 is 35.6 Å². The number of anilines is 3. The molecule has 4 aromatic rings. The molecule has 0 saturated carbocycles. The number of hydrogen-bond donors (Lipinski definition) is 2. The van der Waals surface area contributed by atoms with Crippen molar-refractivity contribution in [1.82, 2.24) is 24.4 Å². The van der Waals surface area contributed by atoms with E-state index in [0.29, 0.717) is 29.1 Å². The van der Waals surface area contributed by atoms with E-state index >= 15 is 0 Å². The molecule has 3 aromatic heterocycles. The number of aromatic nitrogens is 4. The lowest BCUT2D eigenvalue weighted by Crippen LogP contribution is -2.62. The molecule has 264 valence electrons. The van der Waals surface area contributed by atoms with Crippen LogP contribution in [0.3, 0.4) is 0 Å². The van der Waals surface area contributed by atoms with Gasteiger partial charge in [0, 0.05) is 32.9 Å². The van der Waals surface area contributed by atoms with E-state index in [9.17, 15) is 32.7 Å². The highest BCUT2D eigenvalue weighted by atomic mass is 35.5. The second-order valence-electron chi connectivity index (χ2n) is 12.3. The molecular formula is C33H34ClF3N8O5. The number of amides is 2. The number of aryl methyl sites for hydroxylation is 1. The maximum Gasteiger partial charge on any atom is 0.416 e. The third-order valence-electron chi connectivity index (χ3n) is 9.00. The summed E-state index contributed by atoms with van der Waals surface area (Å²) in [5, 5.41) is 12.9. The first-order valence-corrected chi connectivity index (χ1v) is 16.1. The van der Waals surface area contributed by atoms with Gasteiger partial charge >= 0.3 is 6.18 Å². The van der Waals surface area contributed by atoms with Crippen molar-refractivity contribution in [2.45, 2.75) is 45.1 Å². The predicted molar refractivity (Wildman–Crippen MR) is 180 cm³/mol. The summed E-state index contributed by atoms with van der Waals surface area (Å²) in [5.41, 5.74) is 0.139. The van der Waals surface area contributed by atoms with Gasteiger partial charge in [-0.25, -0.2) is 15.0 Å². The lowest BCUT2D eigenvalue weighted by molar-refractivity contribution is -0.137. The third kappa shape index (κ3) is 6.28. The minimum atomic E-state index is -4.61. The molecule has 6 rings (SSSR count). The number of rotatable bonds is 7. The van der Waals surface area contributed by atoms with Crippen LogP contribution < -0.4 is 20.5 Å². The number of hydrogen-bond acceptors (Lipinski definition) is 10. The normalized spacial score (nSPS) is 17.6. The number of benzene rings is 1. The number of aromatic hydroxyl groups is 1. The SMILES string of the molecule is CCc1c(N2CCN(C(=O)c3ncnc(C)c3O)[C@@H]3COC[C@@H]32)c(=O)c2nc(N(C)C)ccc2n1CC(=O)Nc1ccc(C(F)(F)F)cc1Cl. The number of alkyl halides is 3. The summed E-state index contributed by atoms with van der Waals surface area (Å²) < 4.78 is 47.1. The van der Waals surface area contributed by atoms with Crippen LogP contribution in [0.15, 0.2) is 41.5 Å². The highest BCUT2D eigenvalue weighted by Gasteiger charge is 2.45. The van der Waals surface area contributed by atoms with Crippen LogP contribution in [0.25, 0.3) is 11.0 Å². The molecule has 0 aliphatic carbocycles. The molecule has 5 heterocycles. The Morgan fingerprint density at radius 2 is 1.86 bits per heavy atom. The van der Waals surface area contributed by atoms with Crippen LogP contribution in [0.1, 0.15) is 34.4 Å². The Bertz CT molecular complexity index is 2060. The van der Waals surface area contributed by atoms with Crippen LogP contribution in [0.5, 0.6) is 5.75 Å². The van der Waals surface area contributed by atoms with Gasteiger partial charge in [0.25, 0.3) is 5.91 Å². The van der Waals surface area contributed by atoms with Gasteiger partial charge in [-0.2, -0.15) is 13.2 Å². The standard InChI is InChI=1S/C33H34ClF3N8O5/c1-5-21-29(43-10-11-44(24-15-50-14-23(24)43)32(49)28-30(47)17(2)38-16-39-28)31(48)27-22(8-9-25(41-27)42(3)4)45(21)13-26(46)40-20-7-6-18(12-19(20)34)33(35,36)37/h6-9,12,16,23-24,47H,5,10-11,13-15H2,1-4H3,(H,40,46)/t23-,24+/m0/s1. The second kappa shape index (κ2) is 13.4. The molecule has 0 bridgehead atoms. The summed E-state index contributed by atoms with van der Waals surface area (Å²) in [7, 11) is 3.56. The molecule has 0 unspecified atom stereocenters. The fraction of sp³-hybridized carbons (Fsp3) is 0.394. The van der Waals surface area contributed by atoms with Gasteiger partial charge in [0.1, 0.15) is 29.9 Å². The molecule has 2 aliphatic heterocycles. The van der Waals surface area contributed by atoms with Crippen molar-refractivity contribution in [3.8, 4) is 5.75 Å². The van der Waals surface area contributed by atoms with Crippen molar-refractivity contribution in [2.24, 2.45) is 0 Å². The quantitative estimate of drug-likeness (QED) is 0.289. The number of carbonyl (C=O) groups is 2. The smallest absolute Gasteiger partial charge is 0.416 e. The number of carbonyl (C=O) groups excluding carboxylic acids is 2. The molecule has 2 atom stereocenters. The number of halogens is 4. The molecule has 2 amide bonds. The van der Waals surface area contributed by atoms with E-state index in [1.807, 2.05) is 11.8 Å². The number of piperazine rings is 1. The Balaban J connectivity index is 1.40. The molecular weight excluding hydrogens is 681 g/mol. The van der Waals surface area contributed by atoms with Gasteiger partial charge < -0.3 is 34.4 Å². The zero-order valence-electron chi connectivity index (χ0n) is 27.6. The van der Waals surface area contributed by atoms with Crippen LogP contribution in [-0.4, -0.2) is 93.8 Å². The number of nitrogens with one attached hydrogen (secondary N) is 1. The summed E-state index contributed by atoms with van der Waals surface area (Å²) in [6, 6.07) is 5.13. The monoisotopic (exact) mass is 714 g/mol.